The fraction of sp³-hybridized carbons (Fsp3) is 0.262. The van der Waals surface area contributed by atoms with Gasteiger partial charge in [0.15, 0.2) is 0 Å². The van der Waals surface area contributed by atoms with Crippen molar-refractivity contribution in [2.45, 2.75) is 111 Å². The predicted molar refractivity (Wildman–Crippen MR) is 302 cm³/mol. The summed E-state index contributed by atoms with van der Waals surface area (Å²) in [6.45, 7) is 26.3. The number of hydrogen-bond acceptors (Lipinski definition) is 3. The predicted octanol–water partition coefficient (Wildman–Crippen LogP) is 16.7. The van der Waals surface area contributed by atoms with Crippen LogP contribution in [0.2, 0.25) is 0 Å². The summed E-state index contributed by atoms with van der Waals surface area (Å²) in [7, 11) is 0. The number of thiophene rings is 1. The minimum atomic E-state index is -0.0216. The first-order valence-electron chi connectivity index (χ1n) is 25.2. The third kappa shape index (κ3) is 6.87. The number of para-hydroxylation sites is 1. The van der Waals surface area contributed by atoms with Crippen molar-refractivity contribution in [2.24, 2.45) is 0 Å². The Labute approximate surface area is 414 Å². The Kier molecular flexibility index (Phi) is 9.75. The molecule has 3 heterocycles. The number of nitrogens with zero attached hydrogens (tertiary/aromatic N) is 2. The van der Waals surface area contributed by atoms with E-state index in [9.17, 15) is 0 Å². The molecule has 0 N–H and O–H groups in total. The van der Waals surface area contributed by atoms with Gasteiger partial charge in [0, 0.05) is 48.5 Å². The summed E-state index contributed by atoms with van der Waals surface area (Å²) in [5.41, 5.74) is 23.5. The number of rotatable bonds is 4. The molecule has 0 unspecified atom stereocenters. The van der Waals surface area contributed by atoms with Crippen LogP contribution >= 0.6 is 11.3 Å². The van der Waals surface area contributed by atoms with Crippen LogP contribution in [-0.2, 0) is 21.7 Å². The van der Waals surface area contributed by atoms with Crippen molar-refractivity contribution < 1.29 is 0 Å². The van der Waals surface area contributed by atoms with Gasteiger partial charge < -0.3 is 9.80 Å². The maximum atomic E-state index is 2.70. The van der Waals surface area contributed by atoms with Gasteiger partial charge in [-0.3, -0.25) is 0 Å². The normalized spacial score (nSPS) is 15.8. The van der Waals surface area contributed by atoms with Gasteiger partial charge in [-0.05, 0) is 151 Å². The zero-order chi connectivity index (χ0) is 47.9. The lowest BCUT2D eigenvalue weighted by Crippen LogP contribution is -2.62. The minimum absolute atomic E-state index is 0.00235. The highest BCUT2D eigenvalue weighted by molar-refractivity contribution is 7.26. The highest BCUT2D eigenvalue weighted by Gasteiger charge is 2.47. The summed E-state index contributed by atoms with van der Waals surface area (Å²) in [4.78, 5) is 5.37. The van der Waals surface area contributed by atoms with Gasteiger partial charge in [0.1, 0.15) is 0 Å². The van der Waals surface area contributed by atoms with E-state index >= 15 is 0 Å². The van der Waals surface area contributed by atoms with E-state index in [0.29, 0.717) is 0 Å². The van der Waals surface area contributed by atoms with E-state index in [1.807, 2.05) is 11.3 Å². The average Bonchev–Trinajstić information content (AvgIpc) is 3.71. The van der Waals surface area contributed by atoms with Gasteiger partial charge in [-0.25, -0.2) is 0 Å². The van der Waals surface area contributed by atoms with Crippen molar-refractivity contribution in [3.63, 3.8) is 0 Å². The third-order valence-corrected chi connectivity index (χ3v) is 17.3. The quantitative estimate of drug-likeness (QED) is 0.162. The van der Waals surface area contributed by atoms with Crippen LogP contribution in [0.25, 0.3) is 42.4 Å². The van der Waals surface area contributed by atoms with E-state index in [1.165, 1.54) is 121 Å². The molecule has 0 saturated carbocycles. The molecule has 3 aliphatic rings. The van der Waals surface area contributed by atoms with E-state index in [4.69, 9.17) is 0 Å². The van der Waals surface area contributed by atoms with Crippen molar-refractivity contribution in [1.82, 2.24) is 0 Å². The Morgan fingerprint density at radius 1 is 0.478 bits per heavy atom. The Morgan fingerprint density at radius 3 is 1.72 bits per heavy atom. The molecule has 69 heavy (non-hydrogen) atoms. The van der Waals surface area contributed by atoms with Gasteiger partial charge in [0.05, 0.1) is 11.4 Å². The smallest absolute Gasteiger partial charge is 0.252 e. The van der Waals surface area contributed by atoms with Gasteiger partial charge in [-0.2, -0.15) is 0 Å². The summed E-state index contributed by atoms with van der Waals surface area (Å²) < 4.78 is 2.65. The summed E-state index contributed by atoms with van der Waals surface area (Å²) in [5, 5.41) is 2.68. The summed E-state index contributed by atoms with van der Waals surface area (Å²) in [6.07, 6.45) is 2.32. The zero-order valence-corrected chi connectivity index (χ0v) is 43.1. The summed E-state index contributed by atoms with van der Waals surface area (Å²) in [5.74, 6) is 0. The van der Waals surface area contributed by atoms with Crippen LogP contribution in [-0.4, -0.2) is 6.71 Å². The molecule has 0 amide bonds. The molecule has 0 atom stereocenters. The van der Waals surface area contributed by atoms with Crippen LogP contribution in [0, 0.1) is 6.92 Å². The minimum Gasteiger partial charge on any atom is -0.311 e. The molecular formula is C65H63BN2S. The lowest BCUT2D eigenvalue weighted by molar-refractivity contribution is 0.332. The molecule has 1 aromatic heterocycles. The Morgan fingerprint density at radius 2 is 1.06 bits per heavy atom. The second kappa shape index (κ2) is 15.3. The number of aryl methyl sites for hydroxylation is 1. The number of hydrogen-bond donors (Lipinski definition) is 0. The molecule has 2 aliphatic heterocycles. The second-order valence-electron chi connectivity index (χ2n) is 23.7. The van der Waals surface area contributed by atoms with Crippen LogP contribution < -0.4 is 26.2 Å². The van der Waals surface area contributed by atoms with Crippen LogP contribution in [0.5, 0.6) is 0 Å². The topological polar surface area (TPSA) is 6.48 Å². The molecule has 0 spiro atoms. The van der Waals surface area contributed by atoms with E-state index in [1.54, 1.807) is 0 Å². The zero-order valence-electron chi connectivity index (χ0n) is 42.3. The van der Waals surface area contributed by atoms with Gasteiger partial charge in [-0.15, -0.1) is 11.3 Å². The largest absolute Gasteiger partial charge is 0.311 e. The van der Waals surface area contributed by atoms with Gasteiger partial charge in [0.25, 0.3) is 6.71 Å². The third-order valence-electron chi connectivity index (χ3n) is 16.1. The van der Waals surface area contributed by atoms with Crippen molar-refractivity contribution in [3.8, 4) is 22.3 Å². The maximum Gasteiger partial charge on any atom is 0.252 e. The molecule has 12 rings (SSSR count). The maximum absolute atomic E-state index is 2.70. The fourth-order valence-electron chi connectivity index (χ4n) is 12.1. The highest BCUT2D eigenvalue weighted by Crippen LogP contribution is 2.54. The number of fused-ring (bicyclic) bond motifs is 9. The van der Waals surface area contributed by atoms with Crippen molar-refractivity contribution in [1.29, 1.82) is 0 Å². The molecule has 4 heteroatoms. The van der Waals surface area contributed by atoms with Gasteiger partial charge >= 0.3 is 0 Å². The first kappa shape index (κ1) is 43.9. The molecule has 0 saturated heterocycles. The van der Waals surface area contributed by atoms with Crippen molar-refractivity contribution >= 4 is 88.7 Å². The molecule has 342 valence electrons. The molecule has 1 aliphatic carbocycles. The van der Waals surface area contributed by atoms with Crippen LogP contribution in [0.1, 0.15) is 110 Å². The molecule has 0 fully saturated rings. The molecular weight excluding hydrogens is 852 g/mol. The molecule has 0 bridgehead atoms. The first-order chi connectivity index (χ1) is 32.9. The lowest BCUT2D eigenvalue weighted by atomic mass is 9.33. The molecule has 2 nitrogen and oxygen atoms in total. The number of anilines is 6. The first-order valence-corrected chi connectivity index (χ1v) is 26.0. The van der Waals surface area contributed by atoms with Crippen molar-refractivity contribution in [3.05, 3.63) is 186 Å². The van der Waals surface area contributed by atoms with Gasteiger partial charge in [-0.1, -0.05) is 178 Å². The molecule has 9 aromatic rings. The standard InChI is InChI=1S/C65H63BN2S/c1-40-34-44(62(2,3)4)26-29-52(40)67-54-39-49-48(64(8,9)32-33-65(49,10)11)38-51(54)66-50-28-31-58-59(47-37-45(63(5,6)7)27-30-57(47)69-58)61(50)68(53-25-19-18-24-46(53)42-22-16-13-17-23-42)56-36-43(35-55(67)60(56)66)41-20-14-12-15-21-41/h12-31,34-39H,32-33H2,1-11H3. The van der Waals surface area contributed by atoms with E-state index in [-0.39, 0.29) is 28.4 Å². The second-order valence-corrected chi connectivity index (χ2v) is 24.8. The van der Waals surface area contributed by atoms with Crippen molar-refractivity contribution in [2.75, 3.05) is 9.80 Å². The average molecular weight is 915 g/mol. The lowest BCUT2D eigenvalue weighted by Gasteiger charge is -2.48. The SMILES string of the molecule is Cc1cc(C(C)(C)C)ccc1N1c2cc3c(cc2B2c4ccc5sc6ccc(C(C)(C)C)cc6c5c4N(c4ccccc4-c4ccccc4)c4cc(-c5ccccc5)cc1c42)C(C)(C)CCC3(C)C. The highest BCUT2D eigenvalue weighted by atomic mass is 32.1. The summed E-state index contributed by atoms with van der Waals surface area (Å²) in [6, 6.07) is 61.1. The Balaban J connectivity index is 1.28. The van der Waals surface area contributed by atoms with Crippen LogP contribution in [0.15, 0.2) is 158 Å². The molecule has 0 radical (unpaired) electrons. The Hall–Kier alpha value is -6.36. The monoisotopic (exact) mass is 914 g/mol. The van der Waals surface area contributed by atoms with Crippen LogP contribution in [0.4, 0.5) is 34.1 Å². The summed E-state index contributed by atoms with van der Waals surface area (Å²) >= 11 is 1.93. The van der Waals surface area contributed by atoms with E-state index < -0.39 is 0 Å². The van der Waals surface area contributed by atoms with Crippen LogP contribution in [0.3, 0.4) is 0 Å². The fourth-order valence-corrected chi connectivity index (χ4v) is 13.2. The van der Waals surface area contributed by atoms with Gasteiger partial charge in [0.2, 0.25) is 0 Å². The molecule has 8 aromatic carbocycles. The number of benzene rings is 8. The Bertz CT molecular complexity index is 3550. The van der Waals surface area contributed by atoms with E-state index in [2.05, 4.69) is 244 Å². The van der Waals surface area contributed by atoms with E-state index in [0.717, 1.165) is 12.8 Å².